The van der Waals surface area contributed by atoms with E-state index >= 15 is 0 Å². The van der Waals surface area contributed by atoms with Gasteiger partial charge in [0, 0.05) is 5.57 Å². The molecule has 1 heterocycles. The predicted molar refractivity (Wildman–Crippen MR) is 91.5 cm³/mol. The molecule has 0 saturated heterocycles. The summed E-state index contributed by atoms with van der Waals surface area (Å²) in [5.41, 5.74) is 2.05. The van der Waals surface area contributed by atoms with Gasteiger partial charge in [0.1, 0.15) is 4.88 Å². The van der Waals surface area contributed by atoms with E-state index in [2.05, 4.69) is 10.3 Å². The Hall–Kier alpha value is -2.47. The fourth-order valence-corrected chi connectivity index (χ4v) is 2.75. The molecule has 0 bridgehead atoms. The van der Waals surface area contributed by atoms with Gasteiger partial charge >= 0.3 is 5.97 Å². The summed E-state index contributed by atoms with van der Waals surface area (Å²) in [5.74, 6) is -0.669. The Kier molecular flexibility index (Phi) is 5.65. The highest BCUT2D eigenvalue weighted by Gasteiger charge is 2.17. The number of aromatic nitrogens is 1. The largest absolute Gasteiger partial charge is 0.462 e. The topological polar surface area (TPSA) is 68.3 Å². The standard InChI is InChI=1S/C17H18N2O3S/c1-4-22-16(21)14-12(3)18-17(23-14)19-15(20)11(2)10-13-8-6-5-7-9-13/h5-10H,4H2,1-3H3,(H,18,19,20)/b11-10+. The fraction of sp³-hybridized carbons (Fsp3) is 0.235. The highest BCUT2D eigenvalue weighted by Crippen LogP contribution is 2.24. The van der Waals surface area contributed by atoms with Crippen LogP contribution in [0.15, 0.2) is 35.9 Å². The number of ether oxygens (including phenoxy) is 1. The number of carbonyl (C=O) groups is 2. The minimum Gasteiger partial charge on any atom is -0.462 e. The van der Waals surface area contributed by atoms with Crippen molar-refractivity contribution in [1.29, 1.82) is 0 Å². The van der Waals surface area contributed by atoms with Crippen LogP contribution in [0.3, 0.4) is 0 Å². The van der Waals surface area contributed by atoms with Crippen molar-refractivity contribution in [3.63, 3.8) is 0 Å². The molecule has 1 N–H and O–H groups in total. The maximum Gasteiger partial charge on any atom is 0.350 e. The van der Waals surface area contributed by atoms with Gasteiger partial charge in [-0.05, 0) is 32.4 Å². The van der Waals surface area contributed by atoms with Crippen LogP contribution in [-0.2, 0) is 9.53 Å². The van der Waals surface area contributed by atoms with E-state index in [1.165, 1.54) is 0 Å². The van der Waals surface area contributed by atoms with Crippen LogP contribution in [-0.4, -0.2) is 23.5 Å². The van der Waals surface area contributed by atoms with Gasteiger partial charge in [-0.3, -0.25) is 10.1 Å². The molecule has 0 spiro atoms. The molecule has 0 atom stereocenters. The summed E-state index contributed by atoms with van der Waals surface area (Å²) in [6.45, 7) is 5.49. The minimum absolute atomic E-state index is 0.252. The first-order chi connectivity index (χ1) is 11.0. The monoisotopic (exact) mass is 330 g/mol. The molecule has 0 unspecified atom stereocenters. The zero-order chi connectivity index (χ0) is 16.8. The van der Waals surface area contributed by atoms with Crippen LogP contribution in [0.1, 0.15) is 34.8 Å². The van der Waals surface area contributed by atoms with Gasteiger partial charge in [-0.2, -0.15) is 0 Å². The van der Waals surface area contributed by atoms with Gasteiger partial charge in [-0.25, -0.2) is 9.78 Å². The number of amides is 1. The summed E-state index contributed by atoms with van der Waals surface area (Å²) in [4.78, 5) is 28.6. The Morgan fingerprint density at radius 3 is 2.65 bits per heavy atom. The van der Waals surface area contributed by atoms with E-state index in [1.807, 2.05) is 30.3 Å². The van der Waals surface area contributed by atoms with Gasteiger partial charge < -0.3 is 4.74 Å². The smallest absolute Gasteiger partial charge is 0.350 e. The average Bonchev–Trinajstić information content (AvgIpc) is 2.89. The third-order valence-corrected chi connectivity index (χ3v) is 4.07. The van der Waals surface area contributed by atoms with E-state index < -0.39 is 5.97 Å². The average molecular weight is 330 g/mol. The molecule has 1 aromatic heterocycles. The van der Waals surface area contributed by atoms with Crippen molar-refractivity contribution in [3.05, 3.63) is 52.0 Å². The normalized spacial score (nSPS) is 11.2. The molecule has 0 aliphatic rings. The number of anilines is 1. The Labute approximate surface area is 139 Å². The van der Waals surface area contributed by atoms with Gasteiger partial charge in [0.05, 0.1) is 12.3 Å². The number of thiazole rings is 1. The molecule has 1 aromatic carbocycles. The molecular weight excluding hydrogens is 312 g/mol. The van der Waals surface area contributed by atoms with Crippen LogP contribution in [0, 0.1) is 6.92 Å². The lowest BCUT2D eigenvalue weighted by Gasteiger charge is -2.02. The Morgan fingerprint density at radius 1 is 1.30 bits per heavy atom. The third-order valence-electron chi connectivity index (χ3n) is 3.02. The lowest BCUT2D eigenvalue weighted by molar-refractivity contribution is -0.112. The Bertz CT molecular complexity index is 736. The van der Waals surface area contributed by atoms with Crippen molar-refractivity contribution >= 4 is 34.4 Å². The highest BCUT2D eigenvalue weighted by molar-refractivity contribution is 7.17. The van der Waals surface area contributed by atoms with Crippen molar-refractivity contribution in [3.8, 4) is 0 Å². The quantitative estimate of drug-likeness (QED) is 0.671. The first kappa shape index (κ1) is 16.9. The van der Waals surface area contributed by atoms with E-state index in [1.54, 1.807) is 26.8 Å². The molecule has 2 aromatic rings. The molecule has 120 valence electrons. The van der Waals surface area contributed by atoms with Crippen molar-refractivity contribution < 1.29 is 14.3 Å². The van der Waals surface area contributed by atoms with Crippen LogP contribution in [0.2, 0.25) is 0 Å². The molecule has 1 amide bonds. The third kappa shape index (κ3) is 4.50. The second-order valence-electron chi connectivity index (χ2n) is 4.85. The van der Waals surface area contributed by atoms with Gasteiger partial charge in [-0.15, -0.1) is 0 Å². The summed E-state index contributed by atoms with van der Waals surface area (Å²) in [7, 11) is 0. The van der Waals surface area contributed by atoms with Gasteiger partial charge in [0.25, 0.3) is 5.91 Å². The maximum atomic E-state index is 12.2. The second-order valence-corrected chi connectivity index (χ2v) is 5.85. The molecule has 5 nitrogen and oxygen atoms in total. The van der Waals surface area contributed by atoms with Crippen LogP contribution in [0.5, 0.6) is 0 Å². The van der Waals surface area contributed by atoms with Crippen LogP contribution >= 0.6 is 11.3 Å². The van der Waals surface area contributed by atoms with Crippen LogP contribution in [0.4, 0.5) is 5.13 Å². The van der Waals surface area contributed by atoms with E-state index in [0.717, 1.165) is 16.9 Å². The molecule has 0 fully saturated rings. The number of carbonyl (C=O) groups excluding carboxylic acids is 2. The van der Waals surface area contributed by atoms with Crippen molar-refractivity contribution in [1.82, 2.24) is 4.98 Å². The van der Waals surface area contributed by atoms with Crippen molar-refractivity contribution in [2.24, 2.45) is 0 Å². The second kappa shape index (κ2) is 7.69. The van der Waals surface area contributed by atoms with Crippen molar-refractivity contribution in [2.75, 3.05) is 11.9 Å². The minimum atomic E-state index is -0.417. The molecule has 0 aliphatic heterocycles. The van der Waals surface area contributed by atoms with Gasteiger partial charge in [0.15, 0.2) is 5.13 Å². The number of aryl methyl sites for hydroxylation is 1. The number of benzene rings is 1. The maximum absolute atomic E-state index is 12.2. The SMILES string of the molecule is CCOC(=O)c1sc(NC(=O)/C(C)=C/c2ccccc2)nc1C. The van der Waals surface area contributed by atoms with E-state index in [-0.39, 0.29) is 5.91 Å². The summed E-state index contributed by atoms with van der Waals surface area (Å²) in [5, 5.41) is 3.10. The molecule has 0 saturated carbocycles. The number of esters is 1. The zero-order valence-electron chi connectivity index (χ0n) is 13.3. The summed E-state index contributed by atoms with van der Waals surface area (Å²) >= 11 is 1.11. The molecule has 6 heteroatoms. The predicted octanol–water partition coefficient (Wildman–Crippen LogP) is 3.67. The van der Waals surface area contributed by atoms with E-state index in [4.69, 9.17) is 4.74 Å². The summed E-state index contributed by atoms with van der Waals surface area (Å²) in [6.07, 6.45) is 1.79. The zero-order valence-corrected chi connectivity index (χ0v) is 14.1. The lowest BCUT2D eigenvalue weighted by Crippen LogP contribution is -2.12. The molecule has 23 heavy (non-hydrogen) atoms. The number of nitrogens with zero attached hydrogens (tertiary/aromatic N) is 1. The van der Waals surface area contributed by atoms with Crippen molar-refractivity contribution in [2.45, 2.75) is 20.8 Å². The Morgan fingerprint density at radius 2 is 2.00 bits per heavy atom. The fourth-order valence-electron chi connectivity index (χ4n) is 1.90. The van der Waals surface area contributed by atoms with Crippen LogP contribution in [0.25, 0.3) is 6.08 Å². The van der Waals surface area contributed by atoms with Gasteiger partial charge in [0.2, 0.25) is 0 Å². The van der Waals surface area contributed by atoms with E-state index in [0.29, 0.717) is 27.9 Å². The lowest BCUT2D eigenvalue weighted by atomic mass is 10.1. The van der Waals surface area contributed by atoms with Gasteiger partial charge in [-0.1, -0.05) is 41.7 Å². The number of hydrogen-bond donors (Lipinski definition) is 1. The number of nitrogens with one attached hydrogen (secondary N) is 1. The molecule has 0 aliphatic carbocycles. The summed E-state index contributed by atoms with van der Waals surface area (Å²) in [6, 6.07) is 9.58. The number of hydrogen-bond acceptors (Lipinski definition) is 5. The number of rotatable bonds is 5. The Balaban J connectivity index is 2.10. The molecule has 0 radical (unpaired) electrons. The molecule has 2 rings (SSSR count). The van der Waals surface area contributed by atoms with E-state index in [9.17, 15) is 9.59 Å². The highest BCUT2D eigenvalue weighted by atomic mass is 32.1. The van der Waals surface area contributed by atoms with Crippen LogP contribution < -0.4 is 5.32 Å². The molecular formula is C17H18N2O3S. The first-order valence-corrected chi connectivity index (χ1v) is 8.02. The summed E-state index contributed by atoms with van der Waals surface area (Å²) < 4.78 is 4.96. The first-order valence-electron chi connectivity index (χ1n) is 7.20.